The fraction of sp³-hybridized carbons (Fsp3) is 0.353. The van der Waals surface area contributed by atoms with Crippen molar-refractivity contribution in [2.45, 2.75) is 160 Å². The van der Waals surface area contributed by atoms with E-state index < -0.39 is 0 Å². The van der Waals surface area contributed by atoms with Gasteiger partial charge in [0.05, 0.1) is 28.5 Å². The molecule has 0 unspecified atom stereocenters. The number of aromatic nitrogens is 4. The maximum absolute atomic E-state index is 7.44. The average molecular weight is 966 g/mol. The second kappa shape index (κ2) is 17.7. The minimum atomic E-state index is -0.0291. The van der Waals surface area contributed by atoms with Crippen molar-refractivity contribution in [2.24, 2.45) is 5.73 Å². The molecule has 8 bridgehead atoms. The van der Waals surface area contributed by atoms with Crippen molar-refractivity contribution in [1.29, 1.82) is 0 Å². The van der Waals surface area contributed by atoms with Gasteiger partial charge in [-0.3, -0.25) is 0 Å². The molecule has 4 N–H and O–H groups in total. The van der Waals surface area contributed by atoms with Crippen molar-refractivity contribution >= 4 is 46.0 Å². The Balaban J connectivity index is 1.54. The smallest absolute Gasteiger partial charge is 0.0966 e. The quantitative estimate of drug-likeness (QED) is 0.164. The van der Waals surface area contributed by atoms with Crippen LogP contribution in [0, 0.1) is 55.4 Å². The highest BCUT2D eigenvalue weighted by Crippen LogP contribution is 2.45. The Morgan fingerprint density at radius 3 is 0.849 bits per heavy atom. The molecule has 9 rings (SSSR count). The molecule has 3 aromatic heterocycles. The Morgan fingerprint density at radius 2 is 0.575 bits per heavy atom. The normalized spacial score (nSPS) is 13.3. The number of hydrogen-bond donors (Lipinski definition) is 3. The number of rotatable bonds is 4. The SMILES string of the molecule is Cc1cc(C(C)(C)C)cc(C)c1-c1c2nc(c(-c3c(C)cc(C(C)(C)C)cc3C)c3ccc([nH]3)c(-c3c(C)cc(C(C)(C)C)cc3C)c3nc(c(-c4c(C)cc(C(C)(C)C)cc4C)c4ccc1[nH]4)C=C3N)C=C2. The molecule has 4 aromatic carbocycles. The lowest BCUT2D eigenvalue weighted by Crippen LogP contribution is -2.12. The van der Waals surface area contributed by atoms with Gasteiger partial charge in [-0.1, -0.05) is 132 Å². The molecule has 0 radical (unpaired) electrons. The number of aryl methyl sites for hydroxylation is 8. The Hall–Kier alpha value is -6.72. The summed E-state index contributed by atoms with van der Waals surface area (Å²) in [4.78, 5) is 19.6. The van der Waals surface area contributed by atoms with Crippen LogP contribution < -0.4 is 5.73 Å². The van der Waals surface area contributed by atoms with Crippen LogP contribution in [0.4, 0.5) is 0 Å². The first kappa shape index (κ1) is 51.2. The Bertz CT molecular complexity index is 3590. The summed E-state index contributed by atoms with van der Waals surface area (Å²) in [6.07, 6.45) is 6.56. The molecule has 376 valence electrons. The van der Waals surface area contributed by atoms with Crippen LogP contribution in [0.1, 0.15) is 173 Å². The summed E-state index contributed by atoms with van der Waals surface area (Å²) in [5, 5.41) is 0. The van der Waals surface area contributed by atoms with Crippen LogP contribution in [-0.2, 0) is 21.7 Å². The van der Waals surface area contributed by atoms with Gasteiger partial charge in [-0.25, -0.2) is 9.97 Å². The van der Waals surface area contributed by atoms with E-state index in [9.17, 15) is 0 Å². The van der Waals surface area contributed by atoms with Gasteiger partial charge in [-0.2, -0.15) is 0 Å². The molecule has 0 spiro atoms. The maximum atomic E-state index is 7.44. The van der Waals surface area contributed by atoms with Gasteiger partial charge in [0.15, 0.2) is 0 Å². The van der Waals surface area contributed by atoms with E-state index in [-0.39, 0.29) is 21.7 Å². The van der Waals surface area contributed by atoms with Gasteiger partial charge in [0, 0.05) is 44.3 Å². The van der Waals surface area contributed by atoms with Crippen molar-refractivity contribution < 1.29 is 0 Å². The van der Waals surface area contributed by atoms with Crippen LogP contribution in [0.3, 0.4) is 0 Å². The summed E-state index contributed by atoms with van der Waals surface area (Å²) in [5.41, 5.74) is 38.8. The molecule has 73 heavy (non-hydrogen) atoms. The van der Waals surface area contributed by atoms with E-state index in [0.29, 0.717) is 5.70 Å². The molecule has 5 heterocycles. The van der Waals surface area contributed by atoms with E-state index in [2.05, 4.69) is 239 Å². The first-order chi connectivity index (χ1) is 33.9. The topological polar surface area (TPSA) is 83.4 Å². The number of nitrogens with one attached hydrogen (secondary N) is 2. The predicted octanol–water partition coefficient (Wildman–Crippen LogP) is 18.3. The summed E-state index contributed by atoms with van der Waals surface area (Å²) in [6.45, 7) is 45.4. The van der Waals surface area contributed by atoms with Gasteiger partial charge in [0.25, 0.3) is 0 Å². The van der Waals surface area contributed by atoms with Gasteiger partial charge in [0.1, 0.15) is 0 Å². The van der Waals surface area contributed by atoms with Crippen molar-refractivity contribution in [3.8, 4) is 44.5 Å². The lowest BCUT2D eigenvalue weighted by atomic mass is 9.82. The van der Waals surface area contributed by atoms with Gasteiger partial charge < -0.3 is 15.7 Å². The van der Waals surface area contributed by atoms with Crippen LogP contribution in [0.5, 0.6) is 0 Å². The van der Waals surface area contributed by atoms with Crippen LogP contribution in [0.2, 0.25) is 0 Å². The molecule has 0 saturated carbocycles. The van der Waals surface area contributed by atoms with Crippen LogP contribution in [0.25, 0.3) is 90.5 Å². The minimum absolute atomic E-state index is 0.0124. The molecule has 2 aliphatic heterocycles. The second-order valence-corrected chi connectivity index (χ2v) is 25.7. The molecule has 2 aliphatic rings. The van der Waals surface area contributed by atoms with E-state index in [0.717, 1.165) is 78.2 Å². The lowest BCUT2D eigenvalue weighted by molar-refractivity contribution is 0.589. The fourth-order valence-electron chi connectivity index (χ4n) is 11.5. The summed E-state index contributed by atoms with van der Waals surface area (Å²) < 4.78 is 0. The average Bonchev–Trinajstić information content (AvgIpc) is 4.10. The van der Waals surface area contributed by atoms with Gasteiger partial charge in [-0.05, 0) is 209 Å². The minimum Gasteiger partial charge on any atom is -0.397 e. The van der Waals surface area contributed by atoms with Crippen LogP contribution in [-0.4, -0.2) is 19.9 Å². The number of hydrogen-bond acceptors (Lipinski definition) is 3. The first-order valence-electron chi connectivity index (χ1n) is 26.4. The number of nitrogens with zero attached hydrogens (tertiary/aromatic N) is 2. The van der Waals surface area contributed by atoms with Crippen molar-refractivity contribution in [2.75, 3.05) is 0 Å². The molecule has 0 aliphatic carbocycles. The second-order valence-electron chi connectivity index (χ2n) is 25.7. The highest BCUT2D eigenvalue weighted by Gasteiger charge is 2.28. The highest BCUT2D eigenvalue weighted by molar-refractivity contribution is 6.03. The third-order valence-electron chi connectivity index (χ3n) is 15.5. The van der Waals surface area contributed by atoms with Crippen LogP contribution >= 0.6 is 0 Å². The van der Waals surface area contributed by atoms with E-state index >= 15 is 0 Å². The zero-order valence-corrected chi connectivity index (χ0v) is 47.6. The molecule has 5 heteroatoms. The molecule has 0 saturated heterocycles. The third-order valence-corrected chi connectivity index (χ3v) is 15.5. The number of fused-ring (bicyclic) bond motifs is 8. The number of aromatic amines is 2. The van der Waals surface area contributed by atoms with E-state index in [1.807, 2.05) is 0 Å². The van der Waals surface area contributed by atoms with E-state index in [1.54, 1.807) is 0 Å². The molecule has 7 aromatic rings. The maximum Gasteiger partial charge on any atom is 0.0966 e. The lowest BCUT2D eigenvalue weighted by Gasteiger charge is -2.23. The van der Waals surface area contributed by atoms with Gasteiger partial charge in [0.2, 0.25) is 0 Å². The van der Waals surface area contributed by atoms with E-state index in [4.69, 9.17) is 15.7 Å². The van der Waals surface area contributed by atoms with Crippen molar-refractivity contribution in [3.63, 3.8) is 0 Å². The standard InChI is InChI=1S/C68H79N5/c1-36-27-44(65(9,10)11)28-37(2)56(36)60-49-21-22-50(70-49)61(57-38(3)29-45(30-39(57)4)66(12,13)14)52-25-26-54(72-52)63(59-42(7)33-47(34-43(59)8)68(18,19)20)64-48(69)35-55(73-64)62(53-24-23-51(60)71-53)58-40(5)31-46(32-41(58)6)67(15,16)17/h21-35,71-72H,69H2,1-20H3. The summed E-state index contributed by atoms with van der Waals surface area (Å²) in [7, 11) is 0. The Labute approximate surface area is 436 Å². The van der Waals surface area contributed by atoms with Crippen molar-refractivity contribution in [1.82, 2.24) is 19.9 Å². The molecule has 0 atom stereocenters. The summed E-state index contributed by atoms with van der Waals surface area (Å²) >= 11 is 0. The third kappa shape index (κ3) is 9.23. The fourth-order valence-corrected chi connectivity index (χ4v) is 11.5. The predicted molar refractivity (Wildman–Crippen MR) is 316 cm³/mol. The Kier molecular flexibility index (Phi) is 12.4. The molecular formula is C68H79N5. The van der Waals surface area contributed by atoms with Gasteiger partial charge >= 0.3 is 0 Å². The number of benzene rings is 4. The summed E-state index contributed by atoms with van der Waals surface area (Å²) in [5.74, 6) is 0. The van der Waals surface area contributed by atoms with Crippen molar-refractivity contribution in [3.05, 3.63) is 162 Å². The van der Waals surface area contributed by atoms with E-state index in [1.165, 1.54) is 77.9 Å². The molecule has 0 amide bonds. The zero-order valence-electron chi connectivity index (χ0n) is 47.6. The van der Waals surface area contributed by atoms with Crippen LogP contribution in [0.15, 0.2) is 72.8 Å². The van der Waals surface area contributed by atoms with Gasteiger partial charge in [-0.15, -0.1) is 0 Å². The first-order valence-corrected chi connectivity index (χ1v) is 26.4. The zero-order chi connectivity index (χ0) is 53.2. The molecule has 5 nitrogen and oxygen atoms in total. The monoisotopic (exact) mass is 966 g/mol. The highest BCUT2D eigenvalue weighted by atomic mass is 14.8. The Morgan fingerprint density at radius 1 is 0.329 bits per heavy atom. The largest absolute Gasteiger partial charge is 0.397 e. The summed E-state index contributed by atoms with van der Waals surface area (Å²) in [6, 6.07) is 27.9. The molecule has 0 fully saturated rings. The molecular weight excluding hydrogens is 887 g/mol. The number of nitrogens with two attached hydrogens (primary N) is 1. The number of H-pyrrole nitrogens is 2.